The summed E-state index contributed by atoms with van der Waals surface area (Å²) in [5.41, 5.74) is 4.75. The Bertz CT molecular complexity index is 1170. The van der Waals surface area contributed by atoms with E-state index in [2.05, 4.69) is 10.5 Å². The number of hydrogen-bond acceptors (Lipinski definition) is 6. The number of amides is 1. The zero-order valence-electron chi connectivity index (χ0n) is 19.1. The number of hydrazone groups is 1. The minimum absolute atomic E-state index is 0.00335. The largest absolute Gasteiger partial charge is 0.493 e. The van der Waals surface area contributed by atoms with Crippen LogP contribution < -0.4 is 25.2 Å². The Kier molecular flexibility index (Phi) is 7.86. The van der Waals surface area contributed by atoms with Crippen molar-refractivity contribution in [2.24, 2.45) is 5.10 Å². The van der Waals surface area contributed by atoms with Crippen molar-refractivity contribution in [1.29, 1.82) is 0 Å². The van der Waals surface area contributed by atoms with Crippen molar-refractivity contribution in [2.45, 2.75) is 20.4 Å². The number of hydrogen-bond donors (Lipinski definition) is 1. The van der Waals surface area contributed by atoms with Crippen LogP contribution in [0.1, 0.15) is 34.0 Å². The van der Waals surface area contributed by atoms with Gasteiger partial charge in [-0.3, -0.25) is 9.59 Å². The SMILES string of the molecule is CCOc1c(OC)cc(/C=N\NC(=O)c2cccn(Cc3ccc(C)cc3)c2=O)cc1OC. The van der Waals surface area contributed by atoms with E-state index in [1.54, 1.807) is 24.4 Å². The van der Waals surface area contributed by atoms with Crippen LogP contribution in [0.25, 0.3) is 0 Å². The summed E-state index contributed by atoms with van der Waals surface area (Å²) in [6.45, 7) is 4.69. The van der Waals surface area contributed by atoms with Crippen LogP contribution in [0.3, 0.4) is 0 Å². The summed E-state index contributed by atoms with van der Waals surface area (Å²) >= 11 is 0. The number of carbonyl (C=O) groups excluding carboxylic acids is 1. The van der Waals surface area contributed by atoms with Gasteiger partial charge in [0.2, 0.25) is 5.75 Å². The standard InChI is InChI=1S/C25H27N3O5/c1-5-33-23-21(31-3)13-19(14-22(23)32-4)15-26-27-24(29)20-7-6-12-28(25(20)30)16-18-10-8-17(2)9-11-18/h6-15H,5,16H2,1-4H3,(H,27,29)/b26-15-. The van der Waals surface area contributed by atoms with E-state index in [0.29, 0.717) is 36.0 Å². The maximum absolute atomic E-state index is 12.8. The molecule has 0 radical (unpaired) electrons. The van der Waals surface area contributed by atoms with Crippen LogP contribution in [-0.4, -0.2) is 37.5 Å². The van der Waals surface area contributed by atoms with Gasteiger partial charge in [-0.15, -0.1) is 0 Å². The molecule has 0 aliphatic rings. The molecule has 3 aromatic rings. The molecule has 0 aliphatic carbocycles. The van der Waals surface area contributed by atoms with E-state index in [1.807, 2.05) is 38.1 Å². The number of nitrogens with zero attached hydrogens (tertiary/aromatic N) is 2. The van der Waals surface area contributed by atoms with Crippen molar-refractivity contribution in [2.75, 3.05) is 20.8 Å². The van der Waals surface area contributed by atoms with E-state index in [0.717, 1.165) is 11.1 Å². The molecule has 0 fully saturated rings. The van der Waals surface area contributed by atoms with Crippen molar-refractivity contribution >= 4 is 12.1 Å². The molecule has 1 amide bonds. The van der Waals surface area contributed by atoms with Gasteiger partial charge in [0.05, 0.1) is 33.6 Å². The first-order valence-electron chi connectivity index (χ1n) is 10.4. The first kappa shape index (κ1) is 23.6. The maximum atomic E-state index is 12.8. The van der Waals surface area contributed by atoms with Crippen LogP contribution >= 0.6 is 0 Å². The molecule has 172 valence electrons. The van der Waals surface area contributed by atoms with E-state index in [4.69, 9.17) is 14.2 Å². The van der Waals surface area contributed by atoms with Gasteiger partial charge < -0.3 is 18.8 Å². The number of carbonyl (C=O) groups is 1. The summed E-state index contributed by atoms with van der Waals surface area (Å²) in [5.74, 6) is 0.846. The van der Waals surface area contributed by atoms with Crippen LogP contribution in [0.4, 0.5) is 0 Å². The van der Waals surface area contributed by atoms with Crippen molar-refractivity contribution in [3.63, 3.8) is 0 Å². The molecule has 0 aliphatic heterocycles. The lowest BCUT2D eigenvalue weighted by Gasteiger charge is -2.14. The summed E-state index contributed by atoms with van der Waals surface area (Å²) in [7, 11) is 3.05. The molecular formula is C25H27N3O5. The molecule has 2 aromatic carbocycles. The average molecular weight is 450 g/mol. The molecule has 0 unspecified atom stereocenters. The van der Waals surface area contributed by atoms with Gasteiger partial charge in [0.1, 0.15) is 5.56 Å². The molecule has 0 saturated heterocycles. The quantitative estimate of drug-likeness (QED) is 0.399. The number of methoxy groups -OCH3 is 2. The summed E-state index contributed by atoms with van der Waals surface area (Å²) in [5, 5.41) is 3.98. The van der Waals surface area contributed by atoms with Gasteiger partial charge in [0, 0.05) is 11.8 Å². The minimum atomic E-state index is -0.598. The second-order valence-electron chi connectivity index (χ2n) is 7.23. The van der Waals surface area contributed by atoms with Crippen molar-refractivity contribution in [1.82, 2.24) is 9.99 Å². The lowest BCUT2D eigenvalue weighted by molar-refractivity contribution is 0.0953. The predicted octanol–water partition coefficient (Wildman–Crippen LogP) is 3.38. The number of aryl methyl sites for hydroxylation is 1. The fourth-order valence-electron chi connectivity index (χ4n) is 3.21. The number of ether oxygens (including phenoxy) is 3. The number of nitrogens with one attached hydrogen (secondary N) is 1. The Morgan fingerprint density at radius 2 is 1.76 bits per heavy atom. The summed E-state index contributed by atoms with van der Waals surface area (Å²) in [4.78, 5) is 25.4. The Labute approximate surface area is 192 Å². The molecule has 33 heavy (non-hydrogen) atoms. The molecule has 8 nitrogen and oxygen atoms in total. The topological polar surface area (TPSA) is 91.1 Å². The molecule has 0 bridgehead atoms. The highest BCUT2D eigenvalue weighted by Gasteiger charge is 2.14. The monoisotopic (exact) mass is 449 g/mol. The van der Waals surface area contributed by atoms with Gasteiger partial charge in [0.15, 0.2) is 11.5 Å². The third-order valence-electron chi connectivity index (χ3n) is 4.89. The molecule has 0 saturated carbocycles. The van der Waals surface area contributed by atoms with Crippen LogP contribution in [0.15, 0.2) is 64.6 Å². The lowest BCUT2D eigenvalue weighted by Crippen LogP contribution is -2.30. The molecule has 3 rings (SSSR count). The number of rotatable bonds is 9. The fraction of sp³-hybridized carbons (Fsp3) is 0.240. The van der Waals surface area contributed by atoms with Gasteiger partial charge in [-0.1, -0.05) is 29.8 Å². The number of benzene rings is 2. The second kappa shape index (κ2) is 11.0. The average Bonchev–Trinajstić information content (AvgIpc) is 2.82. The summed E-state index contributed by atoms with van der Waals surface area (Å²) in [6.07, 6.45) is 3.09. The molecule has 8 heteroatoms. The third kappa shape index (κ3) is 5.79. The Morgan fingerprint density at radius 1 is 1.09 bits per heavy atom. The Morgan fingerprint density at radius 3 is 2.36 bits per heavy atom. The fourth-order valence-corrected chi connectivity index (χ4v) is 3.21. The number of aromatic nitrogens is 1. The van der Waals surface area contributed by atoms with Crippen LogP contribution in [0, 0.1) is 6.92 Å². The Balaban J connectivity index is 1.76. The van der Waals surface area contributed by atoms with Crippen LogP contribution in [0.5, 0.6) is 17.2 Å². The molecule has 1 heterocycles. The highest BCUT2D eigenvalue weighted by Crippen LogP contribution is 2.38. The van der Waals surface area contributed by atoms with E-state index in [9.17, 15) is 9.59 Å². The summed E-state index contributed by atoms with van der Waals surface area (Å²) in [6, 6.07) is 14.4. The molecular weight excluding hydrogens is 422 g/mol. The van der Waals surface area contributed by atoms with E-state index < -0.39 is 11.5 Å². The molecule has 0 spiro atoms. The highest BCUT2D eigenvalue weighted by molar-refractivity contribution is 5.94. The molecule has 1 aromatic heterocycles. The van der Waals surface area contributed by atoms with Crippen molar-refractivity contribution in [3.05, 3.63) is 87.3 Å². The first-order chi connectivity index (χ1) is 16.0. The van der Waals surface area contributed by atoms with Gasteiger partial charge in [-0.25, -0.2) is 5.43 Å². The van der Waals surface area contributed by atoms with Gasteiger partial charge in [-0.2, -0.15) is 5.10 Å². The van der Waals surface area contributed by atoms with Crippen molar-refractivity contribution < 1.29 is 19.0 Å². The van der Waals surface area contributed by atoms with Crippen LogP contribution in [0.2, 0.25) is 0 Å². The predicted molar refractivity (Wildman–Crippen MR) is 127 cm³/mol. The van der Waals surface area contributed by atoms with E-state index >= 15 is 0 Å². The van der Waals surface area contributed by atoms with E-state index in [-0.39, 0.29) is 5.56 Å². The molecule has 1 N–H and O–H groups in total. The second-order valence-corrected chi connectivity index (χ2v) is 7.23. The Hall–Kier alpha value is -4.07. The number of pyridine rings is 1. The van der Waals surface area contributed by atoms with E-state index in [1.165, 1.54) is 31.1 Å². The van der Waals surface area contributed by atoms with Gasteiger partial charge >= 0.3 is 0 Å². The maximum Gasteiger partial charge on any atom is 0.276 e. The van der Waals surface area contributed by atoms with Crippen LogP contribution in [-0.2, 0) is 6.54 Å². The van der Waals surface area contributed by atoms with Crippen molar-refractivity contribution in [3.8, 4) is 17.2 Å². The normalized spacial score (nSPS) is 10.8. The van der Waals surface area contributed by atoms with Gasteiger partial charge in [0.25, 0.3) is 11.5 Å². The third-order valence-corrected chi connectivity index (χ3v) is 4.89. The minimum Gasteiger partial charge on any atom is -0.493 e. The smallest absolute Gasteiger partial charge is 0.276 e. The zero-order chi connectivity index (χ0) is 23.8. The summed E-state index contributed by atoms with van der Waals surface area (Å²) < 4.78 is 17.8. The molecule has 0 atom stereocenters. The van der Waals surface area contributed by atoms with Gasteiger partial charge in [-0.05, 0) is 43.7 Å². The lowest BCUT2D eigenvalue weighted by atomic mass is 10.1. The zero-order valence-corrected chi connectivity index (χ0v) is 19.1. The first-order valence-corrected chi connectivity index (χ1v) is 10.4. The highest BCUT2D eigenvalue weighted by atomic mass is 16.5.